The summed E-state index contributed by atoms with van der Waals surface area (Å²) < 4.78 is 2.92. The van der Waals surface area contributed by atoms with Crippen LogP contribution in [0.1, 0.15) is 6.92 Å². The van der Waals surface area contributed by atoms with Gasteiger partial charge in [-0.15, -0.1) is 0 Å². The molecule has 0 fully saturated rings. The van der Waals surface area contributed by atoms with Crippen molar-refractivity contribution < 1.29 is 5.11 Å². The number of aliphatic hydroxyl groups is 1. The second-order valence-corrected chi connectivity index (χ2v) is 5.09. The Morgan fingerprint density at radius 3 is 2.67 bits per heavy atom. The number of imidazole rings is 1. The van der Waals surface area contributed by atoms with Crippen LogP contribution in [0.2, 0.25) is 0 Å². The molecule has 7 nitrogen and oxygen atoms in total. The molecule has 0 aromatic carbocycles. The van der Waals surface area contributed by atoms with Crippen molar-refractivity contribution >= 4 is 22.9 Å². The first-order valence-corrected chi connectivity index (χ1v) is 6.37. The van der Waals surface area contributed by atoms with E-state index in [0.29, 0.717) is 22.1 Å². The van der Waals surface area contributed by atoms with Gasteiger partial charge in [0.05, 0.1) is 6.10 Å². The first-order chi connectivity index (χ1) is 8.41. The molecule has 2 rings (SSSR count). The molecule has 2 aromatic heterocycles. The van der Waals surface area contributed by atoms with Crippen LogP contribution in [0.5, 0.6) is 0 Å². The molecule has 0 amide bonds. The van der Waals surface area contributed by atoms with Gasteiger partial charge >= 0.3 is 5.69 Å². The van der Waals surface area contributed by atoms with Gasteiger partial charge in [0.25, 0.3) is 5.56 Å². The van der Waals surface area contributed by atoms with Crippen molar-refractivity contribution in [2.45, 2.75) is 18.2 Å². The lowest BCUT2D eigenvalue weighted by atomic mass is 10.5. The zero-order chi connectivity index (χ0) is 13.4. The summed E-state index contributed by atoms with van der Waals surface area (Å²) in [6.07, 6.45) is -0.461. The maximum atomic E-state index is 11.7. The quantitative estimate of drug-likeness (QED) is 0.729. The predicted octanol–water partition coefficient (Wildman–Crippen LogP) is -0.567. The van der Waals surface area contributed by atoms with Gasteiger partial charge in [-0.05, 0) is 6.92 Å². The molecule has 2 heterocycles. The van der Waals surface area contributed by atoms with Crippen LogP contribution in [0.15, 0.2) is 14.7 Å². The van der Waals surface area contributed by atoms with Crippen LogP contribution in [-0.4, -0.2) is 36.1 Å². The van der Waals surface area contributed by atoms with Crippen LogP contribution < -0.4 is 11.2 Å². The highest BCUT2D eigenvalue weighted by molar-refractivity contribution is 7.99. The van der Waals surface area contributed by atoms with Gasteiger partial charge in [0.1, 0.15) is 0 Å². The van der Waals surface area contributed by atoms with Crippen LogP contribution in [-0.2, 0) is 14.1 Å². The van der Waals surface area contributed by atoms with Gasteiger partial charge in [-0.25, -0.2) is 9.78 Å². The van der Waals surface area contributed by atoms with Gasteiger partial charge in [-0.1, -0.05) is 11.8 Å². The van der Waals surface area contributed by atoms with Crippen LogP contribution in [0, 0.1) is 0 Å². The summed E-state index contributed by atoms with van der Waals surface area (Å²) in [6, 6.07) is 0. The molecular weight excluding hydrogens is 256 g/mol. The molecule has 1 unspecified atom stereocenters. The fourth-order valence-corrected chi connectivity index (χ4v) is 2.44. The van der Waals surface area contributed by atoms with Crippen molar-refractivity contribution in [3.63, 3.8) is 0 Å². The molecule has 98 valence electrons. The summed E-state index contributed by atoms with van der Waals surface area (Å²) in [4.78, 5) is 29.7. The second kappa shape index (κ2) is 4.62. The van der Waals surface area contributed by atoms with Gasteiger partial charge < -0.3 is 9.67 Å². The van der Waals surface area contributed by atoms with E-state index in [9.17, 15) is 14.7 Å². The third-order valence-electron chi connectivity index (χ3n) is 2.55. The van der Waals surface area contributed by atoms with E-state index in [1.54, 1.807) is 25.6 Å². The van der Waals surface area contributed by atoms with Crippen molar-refractivity contribution in [1.82, 2.24) is 19.1 Å². The molecule has 0 bridgehead atoms. The average Bonchev–Trinajstić information content (AvgIpc) is 2.61. The first kappa shape index (κ1) is 12.9. The number of rotatable bonds is 3. The number of H-pyrrole nitrogens is 1. The number of hydrogen-bond donors (Lipinski definition) is 2. The van der Waals surface area contributed by atoms with Crippen LogP contribution in [0.4, 0.5) is 0 Å². The fourth-order valence-electron chi connectivity index (χ4n) is 1.61. The summed E-state index contributed by atoms with van der Waals surface area (Å²) in [5.41, 5.74) is -0.241. The standard InChI is InChI=1S/C10H14N4O3S/c1-5(15)4-18-10-11-7-6(13(10)2)8(16)12-9(17)14(7)3/h5,15H,4H2,1-3H3,(H,12,16,17). The number of aromatic nitrogens is 4. The largest absolute Gasteiger partial charge is 0.393 e. The van der Waals surface area contributed by atoms with E-state index < -0.39 is 17.4 Å². The number of aryl methyl sites for hydroxylation is 2. The Hall–Kier alpha value is -1.54. The first-order valence-electron chi connectivity index (χ1n) is 5.38. The molecule has 0 aliphatic heterocycles. The number of aromatic amines is 1. The molecule has 0 saturated carbocycles. The molecule has 1 atom stereocenters. The summed E-state index contributed by atoms with van der Waals surface area (Å²) >= 11 is 1.34. The van der Waals surface area contributed by atoms with E-state index in [0.717, 1.165) is 0 Å². The molecule has 0 aliphatic rings. The topological polar surface area (TPSA) is 92.9 Å². The average molecular weight is 270 g/mol. The van der Waals surface area contributed by atoms with E-state index in [1.165, 1.54) is 16.3 Å². The summed E-state index contributed by atoms with van der Waals surface area (Å²) in [5.74, 6) is 0.475. The van der Waals surface area contributed by atoms with Gasteiger partial charge in [-0.2, -0.15) is 0 Å². The Morgan fingerprint density at radius 1 is 1.39 bits per heavy atom. The molecule has 0 radical (unpaired) electrons. The van der Waals surface area contributed by atoms with Crippen molar-refractivity contribution in [1.29, 1.82) is 0 Å². The third kappa shape index (κ3) is 2.08. The molecule has 8 heteroatoms. The highest BCUT2D eigenvalue weighted by atomic mass is 32.2. The van der Waals surface area contributed by atoms with Crippen molar-refractivity contribution in [3.8, 4) is 0 Å². The van der Waals surface area contributed by atoms with E-state index in [2.05, 4.69) is 9.97 Å². The Labute approximate surface area is 106 Å². The summed E-state index contributed by atoms with van der Waals surface area (Å²) in [6.45, 7) is 1.68. The monoisotopic (exact) mass is 270 g/mol. The lowest BCUT2D eigenvalue weighted by molar-refractivity contribution is 0.220. The molecule has 18 heavy (non-hydrogen) atoms. The number of nitrogens with one attached hydrogen (secondary N) is 1. The molecule has 0 saturated heterocycles. The number of fused-ring (bicyclic) bond motifs is 1. The zero-order valence-corrected chi connectivity index (χ0v) is 11.1. The maximum absolute atomic E-state index is 11.7. The second-order valence-electron chi connectivity index (χ2n) is 4.10. The third-order valence-corrected chi connectivity index (χ3v) is 3.82. The van der Waals surface area contributed by atoms with Gasteiger partial charge in [0.2, 0.25) is 0 Å². The molecule has 2 N–H and O–H groups in total. The molecule has 2 aromatic rings. The number of hydrogen-bond acceptors (Lipinski definition) is 5. The Bertz CT molecular complexity index is 697. The molecular formula is C10H14N4O3S. The summed E-state index contributed by atoms with van der Waals surface area (Å²) in [5, 5.41) is 9.85. The van der Waals surface area contributed by atoms with Gasteiger partial charge in [0, 0.05) is 19.8 Å². The van der Waals surface area contributed by atoms with E-state index in [-0.39, 0.29) is 0 Å². The smallest absolute Gasteiger partial charge is 0.329 e. The lowest BCUT2D eigenvalue weighted by Gasteiger charge is -2.03. The highest BCUT2D eigenvalue weighted by Gasteiger charge is 2.15. The normalized spacial score (nSPS) is 13.1. The highest BCUT2D eigenvalue weighted by Crippen LogP contribution is 2.20. The van der Waals surface area contributed by atoms with Crippen molar-refractivity contribution in [2.24, 2.45) is 14.1 Å². The molecule has 0 aliphatic carbocycles. The fraction of sp³-hybridized carbons (Fsp3) is 0.500. The number of thioether (sulfide) groups is 1. The molecule has 0 spiro atoms. The van der Waals surface area contributed by atoms with E-state index >= 15 is 0 Å². The zero-order valence-electron chi connectivity index (χ0n) is 10.3. The number of nitrogens with zero attached hydrogens (tertiary/aromatic N) is 3. The predicted molar refractivity (Wildman–Crippen MR) is 69.0 cm³/mol. The summed E-state index contributed by atoms with van der Waals surface area (Å²) in [7, 11) is 3.26. The van der Waals surface area contributed by atoms with Crippen LogP contribution >= 0.6 is 11.8 Å². The van der Waals surface area contributed by atoms with Gasteiger partial charge in [0.15, 0.2) is 16.3 Å². The van der Waals surface area contributed by atoms with E-state index in [4.69, 9.17) is 0 Å². The minimum Gasteiger partial charge on any atom is -0.393 e. The number of aliphatic hydroxyl groups excluding tert-OH is 1. The van der Waals surface area contributed by atoms with Crippen molar-refractivity contribution in [3.05, 3.63) is 20.8 Å². The van der Waals surface area contributed by atoms with E-state index in [1.807, 2.05) is 0 Å². The van der Waals surface area contributed by atoms with Crippen LogP contribution in [0.3, 0.4) is 0 Å². The van der Waals surface area contributed by atoms with Gasteiger partial charge in [-0.3, -0.25) is 14.3 Å². The van der Waals surface area contributed by atoms with Crippen molar-refractivity contribution in [2.75, 3.05) is 5.75 Å². The SMILES string of the molecule is CC(O)CSc1nc2c(c(=O)[nH]c(=O)n2C)n1C. The Balaban J connectivity index is 2.63. The minimum absolute atomic E-state index is 0.347. The Kier molecular flexibility index (Phi) is 3.31. The minimum atomic E-state index is -0.488. The lowest BCUT2D eigenvalue weighted by Crippen LogP contribution is -2.29. The Morgan fingerprint density at radius 2 is 2.06 bits per heavy atom. The van der Waals surface area contributed by atoms with Crippen LogP contribution in [0.25, 0.3) is 11.2 Å². The maximum Gasteiger partial charge on any atom is 0.329 e.